The van der Waals surface area contributed by atoms with E-state index in [0.29, 0.717) is 0 Å². The number of aryl methyl sites for hydroxylation is 1. The predicted molar refractivity (Wildman–Crippen MR) is 51.6 cm³/mol. The maximum Gasteiger partial charge on any atom is 0.105 e. The summed E-state index contributed by atoms with van der Waals surface area (Å²) in [5, 5.41) is 0. The number of benzene rings is 1. The van der Waals surface area contributed by atoms with Crippen LogP contribution in [0.15, 0.2) is 24.3 Å². The molecule has 0 heteroatoms. The quantitative estimate of drug-likeness (QED) is 0.545. The van der Waals surface area contributed by atoms with Gasteiger partial charge in [0.25, 0.3) is 0 Å². The molecular formula is C12H10. The third-order valence-electron chi connectivity index (χ3n) is 1.74. The van der Waals surface area contributed by atoms with Crippen molar-refractivity contribution in [3.05, 3.63) is 35.4 Å². The van der Waals surface area contributed by atoms with Crippen LogP contribution in [0, 0.1) is 31.6 Å². The average Bonchev–Trinajstić information content (AvgIpc) is 2.10. The smallest absolute Gasteiger partial charge is 0.105 e. The zero-order valence-corrected chi connectivity index (χ0v) is 7.04. The van der Waals surface area contributed by atoms with Gasteiger partial charge in [0.15, 0.2) is 0 Å². The fourth-order valence-electron chi connectivity index (χ4n) is 0.999. The van der Waals surface area contributed by atoms with Crippen molar-refractivity contribution < 1.29 is 0 Å². The molecule has 0 nitrogen and oxygen atoms in total. The van der Waals surface area contributed by atoms with Gasteiger partial charge < -0.3 is 0 Å². The van der Waals surface area contributed by atoms with E-state index in [1.54, 1.807) is 0 Å². The van der Waals surface area contributed by atoms with E-state index in [0.717, 1.165) is 5.56 Å². The molecule has 0 atom stereocenters. The Labute approximate surface area is 73.6 Å². The van der Waals surface area contributed by atoms with E-state index >= 15 is 0 Å². The zero-order chi connectivity index (χ0) is 8.97. The first-order valence-corrected chi connectivity index (χ1v) is 3.76. The van der Waals surface area contributed by atoms with E-state index in [4.69, 9.17) is 12.8 Å². The van der Waals surface area contributed by atoms with E-state index in [1.807, 2.05) is 31.2 Å². The van der Waals surface area contributed by atoms with E-state index in [2.05, 4.69) is 11.8 Å². The van der Waals surface area contributed by atoms with Crippen molar-refractivity contribution in [1.82, 2.24) is 0 Å². The molecule has 0 bridgehead atoms. The summed E-state index contributed by atoms with van der Waals surface area (Å²) in [5.74, 6) is 4.91. The number of terminal acetylenes is 2. The van der Waals surface area contributed by atoms with Crippen molar-refractivity contribution in [2.24, 2.45) is 0 Å². The van der Waals surface area contributed by atoms with Crippen LogP contribution in [0.2, 0.25) is 0 Å². The topological polar surface area (TPSA) is 0 Å². The van der Waals surface area contributed by atoms with E-state index < -0.39 is 0 Å². The molecule has 0 spiro atoms. The molecule has 12 heavy (non-hydrogen) atoms. The van der Waals surface area contributed by atoms with Crippen molar-refractivity contribution >= 4 is 0 Å². The third-order valence-corrected chi connectivity index (χ3v) is 1.74. The van der Waals surface area contributed by atoms with Gasteiger partial charge in [0.05, 0.1) is 0 Å². The van der Waals surface area contributed by atoms with Crippen LogP contribution in [0.25, 0.3) is 0 Å². The summed E-state index contributed by atoms with van der Waals surface area (Å²) in [7, 11) is 0. The standard InChI is InChI=1S/C12H10/c1-4-11(5-2)12-8-6-10(3)7-9-12/h1-2,6-9,11H,3H3. The molecule has 0 aliphatic carbocycles. The van der Waals surface area contributed by atoms with Gasteiger partial charge in [-0.2, -0.15) is 0 Å². The minimum Gasteiger partial charge on any atom is -0.118 e. The van der Waals surface area contributed by atoms with Crippen LogP contribution in [0.1, 0.15) is 17.0 Å². The molecule has 1 aromatic carbocycles. The van der Waals surface area contributed by atoms with Crippen LogP contribution in [0.3, 0.4) is 0 Å². The maximum atomic E-state index is 5.26. The van der Waals surface area contributed by atoms with Gasteiger partial charge in [0.1, 0.15) is 5.92 Å². The van der Waals surface area contributed by atoms with Gasteiger partial charge in [-0.1, -0.05) is 41.7 Å². The maximum absolute atomic E-state index is 5.26. The lowest BCUT2D eigenvalue weighted by molar-refractivity contribution is 1.17. The Morgan fingerprint density at radius 1 is 1.08 bits per heavy atom. The monoisotopic (exact) mass is 154 g/mol. The highest BCUT2D eigenvalue weighted by Gasteiger charge is 2.01. The molecule has 0 aliphatic heterocycles. The summed E-state index contributed by atoms with van der Waals surface area (Å²) in [6.45, 7) is 2.03. The molecule has 1 rings (SSSR count). The SMILES string of the molecule is C#CC(C#C)c1ccc(C)cc1. The first-order chi connectivity index (χ1) is 5.77. The lowest BCUT2D eigenvalue weighted by atomic mass is 10.00. The molecule has 0 amide bonds. The van der Waals surface area contributed by atoms with Gasteiger partial charge in [0, 0.05) is 0 Å². The third kappa shape index (κ3) is 1.68. The van der Waals surface area contributed by atoms with Gasteiger partial charge in [0.2, 0.25) is 0 Å². The van der Waals surface area contributed by atoms with Gasteiger partial charge >= 0.3 is 0 Å². The van der Waals surface area contributed by atoms with E-state index in [-0.39, 0.29) is 5.92 Å². The van der Waals surface area contributed by atoms with Crippen LogP contribution in [0.4, 0.5) is 0 Å². The summed E-state index contributed by atoms with van der Waals surface area (Å²) in [6, 6.07) is 7.97. The first-order valence-electron chi connectivity index (χ1n) is 3.76. The Bertz CT molecular complexity index is 316. The molecule has 0 saturated carbocycles. The lowest BCUT2D eigenvalue weighted by Crippen LogP contribution is -1.90. The molecule has 58 valence electrons. The van der Waals surface area contributed by atoms with Crippen LogP contribution < -0.4 is 0 Å². The second-order valence-corrected chi connectivity index (χ2v) is 2.68. The highest BCUT2D eigenvalue weighted by Crippen LogP contribution is 2.13. The zero-order valence-electron chi connectivity index (χ0n) is 7.04. The van der Waals surface area contributed by atoms with Crippen molar-refractivity contribution in [1.29, 1.82) is 0 Å². The van der Waals surface area contributed by atoms with E-state index in [1.165, 1.54) is 5.56 Å². The fraction of sp³-hybridized carbons (Fsp3) is 0.167. The first kappa shape index (κ1) is 8.44. The summed E-state index contributed by atoms with van der Waals surface area (Å²) in [6.07, 6.45) is 10.5. The Balaban J connectivity index is 2.99. The fourth-order valence-corrected chi connectivity index (χ4v) is 0.999. The highest BCUT2D eigenvalue weighted by molar-refractivity contribution is 5.35. The van der Waals surface area contributed by atoms with Crippen LogP contribution in [-0.4, -0.2) is 0 Å². The highest BCUT2D eigenvalue weighted by atomic mass is 14.0. The number of rotatable bonds is 1. The molecule has 0 unspecified atom stereocenters. The molecule has 0 heterocycles. The molecular weight excluding hydrogens is 144 g/mol. The molecule has 0 aromatic heterocycles. The van der Waals surface area contributed by atoms with Crippen molar-refractivity contribution in [3.8, 4) is 24.7 Å². The second-order valence-electron chi connectivity index (χ2n) is 2.68. The molecule has 0 fully saturated rings. The van der Waals surface area contributed by atoms with Gasteiger partial charge in [-0.25, -0.2) is 0 Å². The summed E-state index contributed by atoms with van der Waals surface area (Å²) in [5.41, 5.74) is 2.23. The largest absolute Gasteiger partial charge is 0.118 e. The van der Waals surface area contributed by atoms with Crippen LogP contribution >= 0.6 is 0 Å². The van der Waals surface area contributed by atoms with E-state index in [9.17, 15) is 0 Å². The number of hydrogen-bond acceptors (Lipinski definition) is 0. The van der Waals surface area contributed by atoms with Crippen LogP contribution in [-0.2, 0) is 0 Å². The molecule has 0 saturated heterocycles. The minimum atomic E-state index is -0.189. The predicted octanol–water partition coefficient (Wildman–Crippen LogP) is 2.35. The molecule has 0 radical (unpaired) electrons. The summed E-state index contributed by atoms with van der Waals surface area (Å²) in [4.78, 5) is 0. The average molecular weight is 154 g/mol. The molecule has 1 aromatic rings. The van der Waals surface area contributed by atoms with Crippen molar-refractivity contribution in [2.75, 3.05) is 0 Å². The summed E-state index contributed by atoms with van der Waals surface area (Å²) < 4.78 is 0. The molecule has 0 N–H and O–H groups in total. The van der Waals surface area contributed by atoms with Gasteiger partial charge in [-0.05, 0) is 12.5 Å². The Morgan fingerprint density at radius 3 is 2.00 bits per heavy atom. The minimum absolute atomic E-state index is 0.189. The van der Waals surface area contributed by atoms with Crippen molar-refractivity contribution in [2.45, 2.75) is 12.8 Å². The lowest BCUT2D eigenvalue weighted by Gasteiger charge is -2.02. The van der Waals surface area contributed by atoms with Gasteiger partial charge in [-0.3, -0.25) is 0 Å². The Hall–Kier alpha value is -1.66. The molecule has 0 aliphatic rings. The van der Waals surface area contributed by atoms with Crippen molar-refractivity contribution in [3.63, 3.8) is 0 Å². The Kier molecular flexibility index (Phi) is 2.57. The van der Waals surface area contributed by atoms with Gasteiger partial charge in [-0.15, -0.1) is 12.8 Å². The normalized spacial score (nSPS) is 9.00. The summed E-state index contributed by atoms with van der Waals surface area (Å²) >= 11 is 0. The second kappa shape index (κ2) is 3.65. The Morgan fingerprint density at radius 2 is 1.58 bits per heavy atom. The number of hydrogen-bond donors (Lipinski definition) is 0. The van der Waals surface area contributed by atoms with Crippen LogP contribution in [0.5, 0.6) is 0 Å².